The first-order valence-electron chi connectivity index (χ1n) is 9.69. The molecule has 5 N–H and O–H groups in total. The van der Waals surface area contributed by atoms with Crippen molar-refractivity contribution in [3.8, 4) is 0 Å². The van der Waals surface area contributed by atoms with Gasteiger partial charge in [-0.1, -0.05) is 64.0 Å². The summed E-state index contributed by atoms with van der Waals surface area (Å²) in [5.74, 6) is 0. The summed E-state index contributed by atoms with van der Waals surface area (Å²) in [7, 11) is -4.45. The van der Waals surface area contributed by atoms with Gasteiger partial charge in [-0.05, 0) is 30.5 Å². The third-order valence-corrected chi connectivity index (χ3v) is 4.78. The molecule has 0 spiro atoms. The van der Waals surface area contributed by atoms with Crippen LogP contribution in [0.15, 0.2) is 24.3 Å². The van der Waals surface area contributed by atoms with Gasteiger partial charge in [-0.3, -0.25) is 4.52 Å². The molecule has 0 heterocycles. The molecule has 0 fully saturated rings. The minimum absolute atomic E-state index is 0.187. The molecule has 1 aromatic carbocycles. The Morgan fingerprint density at radius 3 is 2.19 bits per heavy atom. The van der Waals surface area contributed by atoms with Gasteiger partial charge in [0.1, 0.15) is 0 Å². The Hall–Kier alpha value is -0.910. The van der Waals surface area contributed by atoms with E-state index in [2.05, 4.69) is 28.9 Å². The highest BCUT2D eigenvalue weighted by Crippen LogP contribution is 2.35. The molecule has 0 bridgehead atoms. The Morgan fingerprint density at radius 2 is 1.62 bits per heavy atom. The maximum absolute atomic E-state index is 10.6. The van der Waals surface area contributed by atoms with Gasteiger partial charge in [0.25, 0.3) is 0 Å². The number of rotatable bonds is 15. The number of nitrogens with one attached hydrogen (secondary N) is 1. The van der Waals surface area contributed by atoms with Crippen LogP contribution in [0.4, 0.5) is 5.69 Å². The van der Waals surface area contributed by atoms with E-state index in [1.807, 2.05) is 12.1 Å². The highest BCUT2D eigenvalue weighted by Gasteiger charge is 2.15. The number of phosphoric ester groups is 1. The molecule has 7 heteroatoms. The maximum Gasteiger partial charge on any atom is 0.469 e. The van der Waals surface area contributed by atoms with Crippen molar-refractivity contribution in [2.24, 2.45) is 5.73 Å². The number of anilines is 1. The largest absolute Gasteiger partial charge is 0.469 e. The number of phosphoric acid groups is 1. The van der Waals surface area contributed by atoms with Crippen LogP contribution in [0.3, 0.4) is 0 Å². The molecule has 150 valence electrons. The average Bonchev–Trinajstić information content (AvgIpc) is 2.61. The highest BCUT2D eigenvalue weighted by atomic mass is 31.2. The molecule has 1 rings (SSSR count). The number of unbranched alkanes of at least 4 members (excludes halogenated alkanes) is 7. The highest BCUT2D eigenvalue weighted by molar-refractivity contribution is 7.46. The minimum Gasteiger partial charge on any atom is -0.383 e. The molecule has 6 nitrogen and oxygen atoms in total. The monoisotopic (exact) mass is 386 g/mol. The van der Waals surface area contributed by atoms with Gasteiger partial charge in [-0.15, -0.1) is 0 Å². The van der Waals surface area contributed by atoms with Crippen molar-refractivity contribution in [3.05, 3.63) is 29.8 Å². The van der Waals surface area contributed by atoms with Gasteiger partial charge in [-0.25, -0.2) is 4.57 Å². The van der Waals surface area contributed by atoms with Crippen molar-refractivity contribution in [3.63, 3.8) is 0 Å². The van der Waals surface area contributed by atoms with E-state index in [1.165, 1.54) is 56.9 Å². The fourth-order valence-corrected chi connectivity index (χ4v) is 3.14. The molecule has 0 aliphatic carbocycles. The second-order valence-corrected chi connectivity index (χ2v) is 8.09. The molecule has 0 saturated heterocycles. The fourth-order valence-electron chi connectivity index (χ4n) is 2.75. The molecule has 1 aromatic rings. The summed E-state index contributed by atoms with van der Waals surface area (Å²) < 4.78 is 15.0. The van der Waals surface area contributed by atoms with Crippen molar-refractivity contribution >= 4 is 13.5 Å². The van der Waals surface area contributed by atoms with Gasteiger partial charge in [0.2, 0.25) is 0 Å². The summed E-state index contributed by atoms with van der Waals surface area (Å²) in [6, 6.07) is 7.76. The number of hydrogen-bond acceptors (Lipinski definition) is 4. The molecule has 0 aliphatic rings. The van der Waals surface area contributed by atoms with Gasteiger partial charge in [0, 0.05) is 18.3 Å². The van der Waals surface area contributed by atoms with Gasteiger partial charge in [0.05, 0.1) is 6.61 Å². The zero-order valence-electron chi connectivity index (χ0n) is 15.9. The van der Waals surface area contributed by atoms with Crippen molar-refractivity contribution in [1.82, 2.24) is 0 Å². The molecular formula is C19H35N2O4P. The van der Waals surface area contributed by atoms with E-state index in [1.54, 1.807) is 0 Å². The molecule has 0 unspecified atom stereocenters. The maximum atomic E-state index is 10.6. The second-order valence-electron chi connectivity index (χ2n) is 6.85. The topological polar surface area (TPSA) is 105 Å². The summed E-state index contributed by atoms with van der Waals surface area (Å²) in [5, 5.41) is 3.15. The lowest BCUT2D eigenvalue weighted by Gasteiger charge is -2.14. The summed E-state index contributed by atoms with van der Waals surface area (Å²) in [6.07, 6.45) is 11.7. The second kappa shape index (κ2) is 13.3. The van der Waals surface area contributed by atoms with Gasteiger partial charge >= 0.3 is 7.82 Å². The Bertz CT molecular complexity index is 519. The van der Waals surface area contributed by atoms with Gasteiger partial charge in [0.15, 0.2) is 0 Å². The van der Waals surface area contributed by atoms with Crippen molar-refractivity contribution < 1.29 is 18.9 Å². The number of hydrogen-bond donors (Lipinski definition) is 4. The molecule has 0 radical (unpaired) electrons. The molecule has 1 atom stereocenters. The van der Waals surface area contributed by atoms with Crippen molar-refractivity contribution in [2.45, 2.75) is 70.8 Å². The predicted octanol–water partition coefficient (Wildman–Crippen LogP) is 4.22. The van der Waals surface area contributed by atoms with Crippen LogP contribution in [0, 0.1) is 0 Å². The van der Waals surface area contributed by atoms with Gasteiger partial charge < -0.3 is 20.8 Å². The van der Waals surface area contributed by atoms with Crippen LogP contribution in [0.25, 0.3) is 0 Å². The predicted molar refractivity (Wildman–Crippen MR) is 107 cm³/mol. The van der Waals surface area contributed by atoms with E-state index in [0.29, 0.717) is 6.54 Å². The number of benzene rings is 1. The molecule has 0 amide bonds. The van der Waals surface area contributed by atoms with E-state index in [9.17, 15) is 4.57 Å². The third-order valence-electron chi connectivity index (χ3n) is 4.30. The Labute approximate surface area is 157 Å². The Kier molecular flexibility index (Phi) is 11.8. The SMILES string of the molecule is CCCCCCCCCCc1ccc(NC[C@H](N)COP(=O)(O)O)cc1. The molecule has 26 heavy (non-hydrogen) atoms. The zero-order chi connectivity index (χ0) is 19.3. The van der Waals surface area contributed by atoms with E-state index in [4.69, 9.17) is 15.5 Å². The average molecular weight is 386 g/mol. The molecule has 0 aliphatic heterocycles. The van der Waals surface area contributed by atoms with Crippen LogP contribution in [-0.2, 0) is 15.5 Å². The van der Waals surface area contributed by atoms with E-state index >= 15 is 0 Å². The standard InChI is InChI=1S/C19H35N2O4P/c1-2-3-4-5-6-7-8-9-10-17-11-13-19(14-12-17)21-15-18(20)16-25-26(22,23)24/h11-14,18,21H,2-10,15-16,20H2,1H3,(H2,22,23,24)/t18-/m0/s1. The minimum atomic E-state index is -4.45. The normalized spacial score (nSPS) is 12.9. The van der Waals surface area contributed by atoms with Crippen LogP contribution in [-0.4, -0.2) is 29.0 Å². The van der Waals surface area contributed by atoms with Crippen molar-refractivity contribution in [1.29, 1.82) is 0 Å². The molecule has 0 saturated carbocycles. The lowest BCUT2D eigenvalue weighted by atomic mass is 10.0. The Morgan fingerprint density at radius 1 is 1.04 bits per heavy atom. The van der Waals surface area contributed by atoms with E-state index < -0.39 is 13.9 Å². The van der Waals surface area contributed by atoms with Crippen LogP contribution in [0.2, 0.25) is 0 Å². The number of nitrogens with two attached hydrogens (primary N) is 1. The third kappa shape index (κ3) is 12.4. The molecule has 0 aromatic heterocycles. The van der Waals surface area contributed by atoms with Gasteiger partial charge in [-0.2, -0.15) is 0 Å². The van der Waals surface area contributed by atoms with Crippen LogP contribution in [0.1, 0.15) is 63.9 Å². The summed E-state index contributed by atoms with van der Waals surface area (Å²) in [4.78, 5) is 17.3. The van der Waals surface area contributed by atoms with Crippen LogP contribution in [0.5, 0.6) is 0 Å². The summed E-state index contributed by atoms with van der Waals surface area (Å²) in [6.45, 7) is 2.45. The quantitative estimate of drug-likeness (QED) is 0.266. The van der Waals surface area contributed by atoms with E-state index in [0.717, 1.165) is 12.1 Å². The molecular weight excluding hydrogens is 351 g/mol. The van der Waals surface area contributed by atoms with Crippen LogP contribution < -0.4 is 11.1 Å². The van der Waals surface area contributed by atoms with E-state index in [-0.39, 0.29) is 6.61 Å². The lowest BCUT2D eigenvalue weighted by Crippen LogP contribution is -2.33. The fraction of sp³-hybridized carbons (Fsp3) is 0.684. The first kappa shape index (κ1) is 23.1. The number of aryl methyl sites for hydroxylation is 1. The summed E-state index contributed by atoms with van der Waals surface area (Å²) in [5.41, 5.74) is 8.03. The zero-order valence-corrected chi connectivity index (χ0v) is 16.8. The summed E-state index contributed by atoms with van der Waals surface area (Å²) >= 11 is 0. The van der Waals surface area contributed by atoms with Crippen LogP contribution >= 0.6 is 7.82 Å². The first-order chi connectivity index (χ1) is 12.4. The smallest absolute Gasteiger partial charge is 0.383 e. The lowest BCUT2D eigenvalue weighted by molar-refractivity contribution is 0.188. The van der Waals surface area contributed by atoms with Crippen molar-refractivity contribution in [2.75, 3.05) is 18.5 Å². The first-order valence-corrected chi connectivity index (χ1v) is 11.2. The Balaban J connectivity index is 2.14.